The number of rotatable bonds is 10. The minimum atomic E-state index is 1.08. The van der Waals surface area contributed by atoms with Crippen molar-refractivity contribution in [3.63, 3.8) is 0 Å². The lowest BCUT2D eigenvalue weighted by Gasteiger charge is -2.29. The predicted molar refractivity (Wildman–Crippen MR) is 90.2 cm³/mol. The Morgan fingerprint density at radius 1 is 0.684 bits per heavy atom. The zero-order chi connectivity index (χ0) is 14.7. The molecule has 0 aliphatic heterocycles. The fourth-order valence-corrected chi connectivity index (χ4v) is 3.49. The van der Waals surface area contributed by atoms with Crippen molar-refractivity contribution in [1.82, 2.24) is 9.80 Å². The number of nitrogens with zero attached hydrogens (tertiary/aromatic N) is 2. The van der Waals surface area contributed by atoms with Gasteiger partial charge in [0.05, 0.1) is 10.1 Å². The van der Waals surface area contributed by atoms with Gasteiger partial charge in [-0.3, -0.25) is 0 Å². The van der Waals surface area contributed by atoms with Gasteiger partial charge < -0.3 is 9.80 Å². The molecule has 0 aromatic carbocycles. The Kier molecular flexibility index (Phi) is 10.9. The van der Waals surface area contributed by atoms with Crippen molar-refractivity contribution in [1.29, 1.82) is 0 Å². The highest BCUT2D eigenvalue weighted by Gasteiger charge is 2.12. The molecule has 0 saturated carbocycles. The fourth-order valence-electron chi connectivity index (χ4n) is 2.00. The van der Waals surface area contributed by atoms with E-state index >= 15 is 0 Å². The van der Waals surface area contributed by atoms with Gasteiger partial charge >= 0.3 is 0 Å². The molecule has 0 amide bonds. The van der Waals surface area contributed by atoms with Gasteiger partial charge in [-0.05, 0) is 40.5 Å². The molecule has 0 aromatic heterocycles. The van der Waals surface area contributed by atoms with Gasteiger partial charge in [0.2, 0.25) is 0 Å². The van der Waals surface area contributed by atoms with E-state index in [1.165, 1.54) is 10.1 Å². The summed E-state index contributed by atoms with van der Waals surface area (Å²) in [5, 5.41) is 2.80. The molecule has 0 spiro atoms. The third-order valence-electron chi connectivity index (χ3n) is 3.12. The molecule has 19 heavy (non-hydrogen) atoms. The minimum Gasteiger partial charge on any atom is -0.367 e. The lowest BCUT2D eigenvalue weighted by molar-refractivity contribution is 0.398. The molecule has 0 heterocycles. The molecule has 0 aromatic rings. The molecule has 0 aliphatic carbocycles. The Hall–Kier alpha value is -0.570. The molecule has 0 bridgehead atoms. The average Bonchev–Trinajstić information content (AvgIpc) is 2.41. The second-order valence-corrected chi connectivity index (χ2v) is 5.39. The molecule has 0 atom stereocenters. The first-order chi connectivity index (χ1) is 9.18. The Labute approximate surface area is 124 Å². The second kappa shape index (κ2) is 11.3. The first-order valence-corrected chi connectivity index (χ1v) is 8.57. The summed E-state index contributed by atoms with van der Waals surface area (Å²) in [5.74, 6) is 0. The van der Waals surface area contributed by atoms with Crippen LogP contribution in [0.4, 0.5) is 0 Å². The third-order valence-corrected chi connectivity index (χ3v) is 4.38. The summed E-state index contributed by atoms with van der Waals surface area (Å²) in [4.78, 5) is 4.89. The fraction of sp³-hybridized carbons (Fsp3) is 0.750. The summed E-state index contributed by atoms with van der Waals surface area (Å²) >= 11 is 1.93. The average molecular weight is 285 g/mol. The van der Waals surface area contributed by atoms with Crippen LogP contribution in [0.5, 0.6) is 0 Å². The van der Waals surface area contributed by atoms with E-state index in [0.29, 0.717) is 0 Å². The van der Waals surface area contributed by atoms with E-state index in [1.807, 2.05) is 11.8 Å². The van der Waals surface area contributed by atoms with Crippen molar-refractivity contribution in [2.45, 2.75) is 54.4 Å². The zero-order valence-electron chi connectivity index (χ0n) is 13.7. The predicted octanol–water partition coefficient (Wildman–Crippen LogP) is 4.91. The monoisotopic (exact) mass is 284 g/mol. The van der Waals surface area contributed by atoms with Crippen LogP contribution >= 0.6 is 11.8 Å². The lowest BCUT2D eigenvalue weighted by atomic mass is 10.4. The molecule has 0 rings (SSSR count). The van der Waals surface area contributed by atoms with Crippen molar-refractivity contribution in [2.24, 2.45) is 0 Å². The normalized spacial score (nSPS) is 12.7. The van der Waals surface area contributed by atoms with Crippen LogP contribution in [0.3, 0.4) is 0 Å². The topological polar surface area (TPSA) is 6.48 Å². The van der Waals surface area contributed by atoms with Gasteiger partial charge in [0, 0.05) is 26.2 Å². The molecule has 2 nitrogen and oxygen atoms in total. The van der Waals surface area contributed by atoms with E-state index in [4.69, 9.17) is 0 Å². The van der Waals surface area contributed by atoms with Crippen LogP contribution in [0.15, 0.2) is 22.2 Å². The Bertz CT molecular complexity index is 248. The van der Waals surface area contributed by atoms with Crippen LogP contribution in [0.25, 0.3) is 0 Å². The summed E-state index contributed by atoms with van der Waals surface area (Å²) in [6.45, 7) is 17.7. The molecular weight excluding hydrogens is 252 g/mol. The van der Waals surface area contributed by atoms with Crippen molar-refractivity contribution >= 4 is 11.8 Å². The van der Waals surface area contributed by atoms with E-state index in [-0.39, 0.29) is 0 Å². The van der Waals surface area contributed by atoms with Gasteiger partial charge in [0.1, 0.15) is 0 Å². The van der Waals surface area contributed by atoms with Crippen LogP contribution in [-0.2, 0) is 0 Å². The van der Waals surface area contributed by atoms with Gasteiger partial charge in [-0.25, -0.2) is 0 Å². The van der Waals surface area contributed by atoms with Crippen LogP contribution in [0.1, 0.15) is 54.4 Å². The van der Waals surface area contributed by atoms with Gasteiger partial charge in [-0.2, -0.15) is 0 Å². The Balaban J connectivity index is 5.05. The number of hydrogen-bond donors (Lipinski definition) is 0. The highest BCUT2D eigenvalue weighted by atomic mass is 32.2. The van der Waals surface area contributed by atoms with Gasteiger partial charge in [-0.1, -0.05) is 37.8 Å². The van der Waals surface area contributed by atoms with Crippen molar-refractivity contribution < 1.29 is 0 Å². The second-order valence-electron chi connectivity index (χ2n) is 4.35. The van der Waals surface area contributed by atoms with Gasteiger partial charge in [0.15, 0.2) is 0 Å². The Morgan fingerprint density at radius 3 is 1.21 bits per heavy atom. The van der Waals surface area contributed by atoms with E-state index in [1.54, 1.807) is 0 Å². The maximum atomic E-state index is 2.45. The minimum absolute atomic E-state index is 1.08. The SMILES string of the molecule is CC/C=C(\S/C(=C\CC)N(CC)CC)N(CC)CC. The standard InChI is InChI=1S/C16H32N2S/c1-7-13-15(17(9-3)10-4)19-16(14-8-2)18(11-5)12-6/h13-14H,7-12H2,1-6H3/b15-13-,16-14-. The van der Waals surface area contributed by atoms with Crippen LogP contribution < -0.4 is 0 Å². The Morgan fingerprint density at radius 2 is 1.00 bits per heavy atom. The number of allylic oxidation sites excluding steroid dienone is 2. The lowest BCUT2D eigenvalue weighted by Crippen LogP contribution is -2.24. The first-order valence-electron chi connectivity index (χ1n) is 7.76. The molecule has 0 aliphatic rings. The van der Waals surface area contributed by atoms with Gasteiger partial charge in [-0.15, -0.1) is 0 Å². The van der Waals surface area contributed by atoms with Crippen molar-refractivity contribution in [3.8, 4) is 0 Å². The molecule has 0 radical (unpaired) electrons. The maximum absolute atomic E-state index is 2.45. The van der Waals surface area contributed by atoms with Crippen molar-refractivity contribution in [2.75, 3.05) is 26.2 Å². The maximum Gasteiger partial charge on any atom is 0.0729 e. The first kappa shape index (κ1) is 18.4. The quantitative estimate of drug-likeness (QED) is 0.563. The van der Waals surface area contributed by atoms with Crippen LogP contribution in [0.2, 0.25) is 0 Å². The summed E-state index contributed by atoms with van der Waals surface area (Å²) in [7, 11) is 0. The smallest absolute Gasteiger partial charge is 0.0729 e. The molecular formula is C16H32N2S. The molecule has 3 heteroatoms. The molecule has 112 valence electrons. The summed E-state index contributed by atoms with van der Waals surface area (Å²) < 4.78 is 0. The largest absolute Gasteiger partial charge is 0.367 e. The van der Waals surface area contributed by atoms with E-state index < -0.39 is 0 Å². The van der Waals surface area contributed by atoms with Crippen LogP contribution in [-0.4, -0.2) is 36.0 Å². The molecule has 0 N–H and O–H groups in total. The van der Waals surface area contributed by atoms with E-state index in [0.717, 1.165) is 39.0 Å². The third kappa shape index (κ3) is 6.42. The zero-order valence-corrected chi connectivity index (χ0v) is 14.5. The highest BCUT2D eigenvalue weighted by Crippen LogP contribution is 2.31. The van der Waals surface area contributed by atoms with E-state index in [2.05, 4.69) is 63.5 Å². The molecule has 0 saturated heterocycles. The van der Waals surface area contributed by atoms with E-state index in [9.17, 15) is 0 Å². The summed E-state index contributed by atoms with van der Waals surface area (Å²) in [5.41, 5.74) is 0. The summed E-state index contributed by atoms with van der Waals surface area (Å²) in [6, 6.07) is 0. The highest BCUT2D eigenvalue weighted by molar-refractivity contribution is 8.06. The number of thioether (sulfide) groups is 1. The van der Waals surface area contributed by atoms with Crippen LogP contribution in [0, 0.1) is 0 Å². The molecule has 0 unspecified atom stereocenters. The number of hydrogen-bond acceptors (Lipinski definition) is 3. The van der Waals surface area contributed by atoms with Gasteiger partial charge in [0.25, 0.3) is 0 Å². The summed E-state index contributed by atoms with van der Waals surface area (Å²) in [6.07, 6.45) is 6.89. The van der Waals surface area contributed by atoms with Crippen molar-refractivity contribution in [3.05, 3.63) is 22.2 Å². The molecule has 0 fully saturated rings.